The lowest BCUT2D eigenvalue weighted by Gasteiger charge is -2.13. The van der Waals surface area contributed by atoms with Gasteiger partial charge in [-0.15, -0.1) is 0 Å². The van der Waals surface area contributed by atoms with Crippen molar-refractivity contribution >= 4 is 17.4 Å². The molecule has 1 saturated heterocycles. The number of ketones is 1. The number of benzene rings is 1. The molecule has 1 aliphatic heterocycles. The van der Waals surface area contributed by atoms with E-state index in [0.29, 0.717) is 18.7 Å². The lowest BCUT2D eigenvalue weighted by atomic mass is 10.3. The van der Waals surface area contributed by atoms with Crippen LogP contribution in [0.5, 0.6) is 0 Å². The monoisotopic (exact) mass is 174 g/mol. The van der Waals surface area contributed by atoms with Gasteiger partial charge in [0, 0.05) is 19.0 Å². The van der Waals surface area contributed by atoms with Gasteiger partial charge in [0.2, 0.25) is 5.78 Å². The Hall–Kier alpha value is -1.64. The summed E-state index contributed by atoms with van der Waals surface area (Å²) in [5.41, 5.74) is 0.679. The highest BCUT2D eigenvalue weighted by molar-refractivity contribution is 6.43. The molecular weight excluding hydrogens is 166 g/mol. The van der Waals surface area contributed by atoms with Crippen LogP contribution >= 0.6 is 0 Å². The van der Waals surface area contributed by atoms with E-state index in [1.807, 2.05) is 12.1 Å². The minimum Gasteiger partial charge on any atom is -0.305 e. The number of para-hydroxylation sites is 1. The van der Waals surface area contributed by atoms with Gasteiger partial charge in [0.1, 0.15) is 0 Å². The first kappa shape index (κ1) is 7.98. The lowest BCUT2D eigenvalue weighted by molar-refractivity contribution is -0.133. The van der Waals surface area contributed by atoms with Gasteiger partial charge in [0.05, 0.1) is 5.69 Å². The number of Topliss-reactive ketones (excluding diaryl/α,β-unsaturated/α-hetero) is 1. The normalized spacial score (nSPS) is 16.8. The highest BCUT2D eigenvalue weighted by Gasteiger charge is 2.29. The van der Waals surface area contributed by atoms with Crippen LogP contribution < -0.4 is 4.90 Å². The maximum Gasteiger partial charge on any atom is 0.294 e. The van der Waals surface area contributed by atoms with Gasteiger partial charge in [0.25, 0.3) is 5.91 Å². The van der Waals surface area contributed by atoms with E-state index in [2.05, 4.69) is 6.07 Å². The van der Waals surface area contributed by atoms with Crippen LogP contribution in [0.4, 0.5) is 5.69 Å². The van der Waals surface area contributed by atoms with Gasteiger partial charge in [-0.25, -0.2) is 0 Å². The van der Waals surface area contributed by atoms with Crippen LogP contribution in [0.3, 0.4) is 0 Å². The fourth-order valence-electron chi connectivity index (χ4n) is 1.35. The molecule has 1 radical (unpaired) electrons. The molecule has 1 fully saturated rings. The number of hydrogen-bond acceptors (Lipinski definition) is 2. The second-order valence-corrected chi connectivity index (χ2v) is 2.88. The van der Waals surface area contributed by atoms with Crippen molar-refractivity contribution in [3.63, 3.8) is 0 Å². The van der Waals surface area contributed by atoms with Crippen molar-refractivity contribution in [3.05, 3.63) is 30.3 Å². The van der Waals surface area contributed by atoms with Crippen molar-refractivity contribution in [2.45, 2.75) is 6.42 Å². The van der Waals surface area contributed by atoms with E-state index in [-0.39, 0.29) is 5.78 Å². The van der Waals surface area contributed by atoms with Crippen LogP contribution in [0.25, 0.3) is 0 Å². The Labute approximate surface area is 76.0 Å². The van der Waals surface area contributed by atoms with E-state index in [1.165, 1.54) is 4.90 Å². The number of carbonyl (C=O) groups is 2. The van der Waals surface area contributed by atoms with Crippen molar-refractivity contribution in [2.24, 2.45) is 0 Å². The third-order valence-corrected chi connectivity index (χ3v) is 2.03. The predicted octanol–water partition coefficient (Wildman–Crippen LogP) is 0.793. The van der Waals surface area contributed by atoms with Gasteiger partial charge in [0.15, 0.2) is 0 Å². The van der Waals surface area contributed by atoms with Crippen molar-refractivity contribution in [1.82, 2.24) is 0 Å². The van der Waals surface area contributed by atoms with E-state index >= 15 is 0 Å². The molecule has 0 N–H and O–H groups in total. The second kappa shape index (κ2) is 3.01. The molecule has 1 heterocycles. The van der Waals surface area contributed by atoms with Crippen LogP contribution in [0.2, 0.25) is 0 Å². The number of nitrogens with zero attached hydrogens (tertiary/aromatic N) is 1. The molecule has 0 unspecified atom stereocenters. The third kappa shape index (κ3) is 1.33. The van der Waals surface area contributed by atoms with Crippen molar-refractivity contribution in [2.75, 3.05) is 11.4 Å². The van der Waals surface area contributed by atoms with Gasteiger partial charge in [-0.2, -0.15) is 0 Å². The van der Waals surface area contributed by atoms with E-state index in [1.54, 1.807) is 12.1 Å². The molecule has 1 aromatic carbocycles. The summed E-state index contributed by atoms with van der Waals surface area (Å²) in [6, 6.07) is 10.1. The van der Waals surface area contributed by atoms with Crippen LogP contribution in [0, 0.1) is 6.07 Å². The SMILES string of the molecule is O=C1CCN(c2[c]cccc2)C1=O. The number of hydrogen-bond donors (Lipinski definition) is 0. The average molecular weight is 174 g/mol. The first-order chi connectivity index (χ1) is 6.29. The number of anilines is 1. The summed E-state index contributed by atoms with van der Waals surface area (Å²) in [6.45, 7) is 0.484. The van der Waals surface area contributed by atoms with Crippen molar-refractivity contribution < 1.29 is 9.59 Å². The summed E-state index contributed by atoms with van der Waals surface area (Å²) in [5.74, 6) is -0.722. The van der Waals surface area contributed by atoms with E-state index in [0.717, 1.165) is 0 Å². The third-order valence-electron chi connectivity index (χ3n) is 2.03. The van der Waals surface area contributed by atoms with E-state index < -0.39 is 5.91 Å². The molecule has 0 saturated carbocycles. The van der Waals surface area contributed by atoms with Crippen LogP contribution in [0.15, 0.2) is 24.3 Å². The van der Waals surface area contributed by atoms with Crippen LogP contribution in [-0.2, 0) is 9.59 Å². The van der Waals surface area contributed by atoms with Gasteiger partial charge in [-0.1, -0.05) is 18.2 Å². The lowest BCUT2D eigenvalue weighted by Crippen LogP contribution is -2.26. The number of amides is 1. The molecule has 0 atom stereocenters. The number of rotatable bonds is 1. The summed E-state index contributed by atoms with van der Waals surface area (Å²) in [4.78, 5) is 23.7. The summed E-state index contributed by atoms with van der Waals surface area (Å²) in [7, 11) is 0. The first-order valence-electron chi connectivity index (χ1n) is 4.10. The molecule has 1 aromatic rings. The molecular formula is C10H8NO2. The molecule has 65 valence electrons. The fourth-order valence-corrected chi connectivity index (χ4v) is 1.35. The summed E-state index contributed by atoms with van der Waals surface area (Å²) in [6.07, 6.45) is 0.321. The van der Waals surface area contributed by atoms with Gasteiger partial charge < -0.3 is 4.90 Å². The zero-order valence-electron chi connectivity index (χ0n) is 6.99. The Balaban J connectivity index is 2.29. The Morgan fingerprint density at radius 2 is 2.15 bits per heavy atom. The molecule has 0 bridgehead atoms. The summed E-state index contributed by atoms with van der Waals surface area (Å²) in [5, 5.41) is 0. The first-order valence-corrected chi connectivity index (χ1v) is 4.10. The Kier molecular flexibility index (Phi) is 1.85. The fraction of sp³-hybridized carbons (Fsp3) is 0.200. The molecule has 3 heteroatoms. The Morgan fingerprint density at radius 1 is 1.31 bits per heavy atom. The van der Waals surface area contributed by atoms with Crippen LogP contribution in [-0.4, -0.2) is 18.2 Å². The topological polar surface area (TPSA) is 37.4 Å². The molecule has 0 aliphatic carbocycles. The van der Waals surface area contributed by atoms with Crippen molar-refractivity contribution in [3.8, 4) is 0 Å². The zero-order chi connectivity index (χ0) is 9.26. The molecule has 0 aromatic heterocycles. The largest absolute Gasteiger partial charge is 0.305 e. The standard InChI is InChI=1S/C10H8NO2/c12-9-6-7-11(10(9)13)8-4-2-1-3-5-8/h1-4H,6-7H2. The molecule has 13 heavy (non-hydrogen) atoms. The van der Waals surface area contributed by atoms with E-state index in [9.17, 15) is 9.59 Å². The molecule has 0 spiro atoms. The van der Waals surface area contributed by atoms with Gasteiger partial charge in [-0.05, 0) is 6.07 Å². The predicted molar refractivity (Wildman–Crippen MR) is 47.3 cm³/mol. The quantitative estimate of drug-likeness (QED) is 0.590. The maximum absolute atomic E-state index is 11.3. The van der Waals surface area contributed by atoms with Crippen molar-refractivity contribution in [1.29, 1.82) is 0 Å². The Bertz CT molecular complexity index is 345. The average Bonchev–Trinajstić information content (AvgIpc) is 2.49. The smallest absolute Gasteiger partial charge is 0.294 e. The zero-order valence-corrected chi connectivity index (χ0v) is 6.99. The molecule has 3 nitrogen and oxygen atoms in total. The Morgan fingerprint density at radius 3 is 2.69 bits per heavy atom. The molecule has 1 aliphatic rings. The minimum absolute atomic E-state index is 0.308. The molecule has 2 rings (SSSR count). The minimum atomic E-state index is -0.414. The van der Waals surface area contributed by atoms with Gasteiger partial charge in [-0.3, -0.25) is 9.59 Å². The van der Waals surface area contributed by atoms with Gasteiger partial charge >= 0.3 is 0 Å². The van der Waals surface area contributed by atoms with Crippen LogP contribution in [0.1, 0.15) is 6.42 Å². The highest BCUT2D eigenvalue weighted by atomic mass is 16.2. The second-order valence-electron chi connectivity index (χ2n) is 2.88. The molecule has 1 amide bonds. The summed E-state index contributed by atoms with van der Waals surface area (Å²) >= 11 is 0. The highest BCUT2D eigenvalue weighted by Crippen LogP contribution is 2.17. The summed E-state index contributed by atoms with van der Waals surface area (Å²) < 4.78 is 0. The maximum atomic E-state index is 11.3. The van der Waals surface area contributed by atoms with E-state index in [4.69, 9.17) is 0 Å². The number of carbonyl (C=O) groups excluding carboxylic acids is 2.